The summed E-state index contributed by atoms with van der Waals surface area (Å²) in [6.45, 7) is 76.5. The molecule has 34 nitrogen and oxygen atoms in total. The molecule has 0 saturated carbocycles. The van der Waals surface area contributed by atoms with Crippen molar-refractivity contribution in [3.63, 3.8) is 0 Å². The number of carbonyl (C=O) groups is 5. The summed E-state index contributed by atoms with van der Waals surface area (Å²) in [6, 6.07) is 0. The number of aliphatic hydroxyl groups excluding tert-OH is 1. The van der Waals surface area contributed by atoms with Crippen molar-refractivity contribution >= 4 is 84.1 Å². The van der Waals surface area contributed by atoms with E-state index in [9.17, 15) is 50.9 Å². The molecule has 0 fully saturated rings. The summed E-state index contributed by atoms with van der Waals surface area (Å²) >= 11 is 1.66. The first-order chi connectivity index (χ1) is 59.7. The number of aliphatic hydroxyl groups is 1. The van der Waals surface area contributed by atoms with Gasteiger partial charge in [0.1, 0.15) is 11.7 Å². The van der Waals surface area contributed by atoms with E-state index in [1.807, 2.05) is 39.4 Å². The van der Waals surface area contributed by atoms with Gasteiger partial charge in [0.25, 0.3) is 5.96 Å². The number of hydroxylamine groups is 5. The highest BCUT2D eigenvalue weighted by molar-refractivity contribution is 7.89. The minimum absolute atomic E-state index is 0.106. The fourth-order valence-electron chi connectivity index (χ4n) is 10.1. The van der Waals surface area contributed by atoms with Gasteiger partial charge < -0.3 is 57.3 Å². The van der Waals surface area contributed by atoms with Crippen LogP contribution < -0.4 is 47.3 Å². The van der Waals surface area contributed by atoms with Crippen LogP contribution >= 0.6 is 11.3 Å². The molecule has 0 aliphatic carbocycles. The first-order valence-corrected chi connectivity index (χ1v) is 51.8. The second kappa shape index (κ2) is 77.5. The summed E-state index contributed by atoms with van der Waals surface area (Å²) in [4.78, 5) is 78.0. The maximum atomic E-state index is 11.2. The van der Waals surface area contributed by atoms with Crippen molar-refractivity contribution < 1.29 is 71.3 Å². The van der Waals surface area contributed by atoms with Crippen LogP contribution in [0.15, 0.2) is 26.7 Å². The van der Waals surface area contributed by atoms with Gasteiger partial charge in [0.05, 0.1) is 26.2 Å². The third-order valence-corrected chi connectivity index (χ3v) is 19.9. The molecule has 5 amide bonds. The molecule has 0 saturated heterocycles. The fourth-order valence-corrected chi connectivity index (χ4v) is 11.7. The lowest BCUT2D eigenvalue weighted by Gasteiger charge is -2.19. The molecule has 0 aliphatic heterocycles. The molecule has 0 aliphatic rings. The standard InChI is InChI=1S/C11H25N3O2S.C11H23NO.C10H23N3.C10H18N2S.C10H21NO.C9H20N4O2.C9H19NO3.C9H19NO2.C8H19NO3S.C8H17NO2/c1-11(2,3)8-7-9-12-10(14(4)5)13-17(6,15)16;1-9(2)10(13)12-8-6-7-11(3,4)5;1-10(2,3)7-6-8-13-9(11-4)12-5;1-10(2,3)5-4-6-11-9-12-7-8-13-9;1-5-9(12)11-8-6-7-10(2,3)4;1-9(2,3)6-5-7-11-8(10-4)12-13(14)15;1-9(2,3)6-5-7-10(12)8(11)13-4;1-8(11)10(12)7-5-6-9(2,3)4;1-8(2,3)6-5-7-9(10)13(4,11)12;1-7(2)4-3-5-9-8(11)6-10/h7-9H2,1-6H3,(H,12,13);9H,6-8H2,1-5H3,(H,12,13);6-8H2,1-5H3,(H2,11,12,13);7-8H,4-6H2,1-3H3,(H,11,12);5-8H2,1-4H3,(H,11,12);5-7H2,1-4H3,(H2,10,11,12);12H,5-7H2,1-4H3;12H,5-7H2,1-4H3;10H,5-7H2,1-4H3;7,10H,3-6H2,1-2H3,(H,9,11). The molecule has 1 rings (SSSR count). The minimum Gasteiger partial charge on any atom is -0.451 e. The third-order valence-electron chi connectivity index (χ3n) is 17.6. The second-order valence-electron chi connectivity index (χ2n) is 44.6. The quantitative estimate of drug-likeness (QED) is 0.00730. The Balaban J connectivity index is -0.000000182. The molecule has 0 spiro atoms. The number of sulfonamides is 2. The average molecular weight is 1950 g/mol. The first kappa shape index (κ1) is 143. The number of carbonyl (C=O) groups excluding carboxylic acids is 5. The Bertz CT molecular complexity index is 3370. The van der Waals surface area contributed by atoms with E-state index in [1.54, 1.807) is 44.4 Å². The van der Waals surface area contributed by atoms with Gasteiger partial charge in [-0.15, -0.1) is 11.3 Å². The van der Waals surface area contributed by atoms with E-state index in [2.05, 4.69) is 273 Å². The second-order valence-corrected chi connectivity index (χ2v) is 49.1. The van der Waals surface area contributed by atoms with Crippen molar-refractivity contribution in [3.05, 3.63) is 21.7 Å². The number of thiazole rings is 1. The number of aromatic nitrogens is 1. The number of nitro groups is 1. The topological polar surface area (TPSA) is 458 Å². The Kier molecular flexibility index (Phi) is 84.2. The highest BCUT2D eigenvalue weighted by atomic mass is 32.2. The smallest absolute Gasteiger partial charge is 0.433 e. The number of nitrogens with zero attached hydrogens (tertiary/aromatic N) is 9. The minimum atomic E-state index is -3.43. The van der Waals surface area contributed by atoms with Gasteiger partial charge in [-0.1, -0.05) is 226 Å². The van der Waals surface area contributed by atoms with Crippen molar-refractivity contribution in [1.82, 2.24) is 66.4 Å². The van der Waals surface area contributed by atoms with Crippen molar-refractivity contribution in [2.45, 2.75) is 363 Å². The van der Waals surface area contributed by atoms with Gasteiger partial charge in [-0.2, -0.15) is 5.06 Å². The number of hydrazone groups is 1. The summed E-state index contributed by atoms with van der Waals surface area (Å²) in [5, 5.41) is 75.8. The molecule has 788 valence electrons. The summed E-state index contributed by atoms with van der Waals surface area (Å²) < 4.78 is 50.9. The van der Waals surface area contributed by atoms with E-state index in [1.165, 1.54) is 39.7 Å². The van der Waals surface area contributed by atoms with Crippen LogP contribution in [0.4, 0.5) is 9.93 Å². The van der Waals surface area contributed by atoms with Crippen LogP contribution in [0.3, 0.4) is 0 Å². The lowest BCUT2D eigenvalue weighted by Crippen LogP contribution is -2.39. The van der Waals surface area contributed by atoms with Gasteiger partial charge in [-0.3, -0.25) is 49.5 Å². The molecule has 0 aromatic carbocycles. The Labute approximate surface area is 810 Å². The monoisotopic (exact) mass is 1950 g/mol. The number of hydrogen-bond donors (Lipinski definition) is 13. The number of methoxy groups -OCH3 is 1. The zero-order valence-electron chi connectivity index (χ0n) is 91.4. The number of guanidine groups is 3. The lowest BCUT2D eigenvalue weighted by molar-refractivity contribution is -0.485. The van der Waals surface area contributed by atoms with Crippen molar-refractivity contribution in [1.29, 1.82) is 0 Å². The summed E-state index contributed by atoms with van der Waals surface area (Å²) in [5.74, 6) is 2.00. The van der Waals surface area contributed by atoms with Crippen LogP contribution in [-0.4, -0.2) is 242 Å². The summed E-state index contributed by atoms with van der Waals surface area (Å²) in [7, 11) is 3.34. The predicted molar refractivity (Wildman–Crippen MR) is 553 cm³/mol. The number of aliphatic imine (C=N–C) groups is 2. The fraction of sp³-hybridized carbons (Fsp3) is 0.884. The van der Waals surface area contributed by atoms with Crippen molar-refractivity contribution in [3.8, 4) is 0 Å². The summed E-state index contributed by atoms with van der Waals surface area (Å²) in [5.41, 5.74) is 2.92. The molecule has 1 aromatic rings. The molecule has 0 bridgehead atoms. The number of hydrogen-bond acceptors (Lipinski definition) is 21. The van der Waals surface area contributed by atoms with Crippen LogP contribution in [0.1, 0.15) is 363 Å². The predicted octanol–water partition coefficient (Wildman–Crippen LogP) is 18.7. The van der Waals surface area contributed by atoms with E-state index >= 15 is 0 Å². The molecular weight excluding hydrogens is 1750 g/mol. The van der Waals surface area contributed by atoms with Gasteiger partial charge in [0.15, 0.2) is 16.1 Å². The zero-order valence-corrected chi connectivity index (χ0v) is 93.8. The molecule has 0 atom stereocenters. The maximum absolute atomic E-state index is 11.2. The largest absolute Gasteiger partial charge is 0.451 e. The van der Waals surface area contributed by atoms with Gasteiger partial charge in [-0.25, -0.2) is 41.8 Å². The third kappa shape index (κ3) is 130. The molecule has 0 unspecified atom stereocenters. The van der Waals surface area contributed by atoms with Crippen molar-refractivity contribution in [2.75, 3.05) is 132 Å². The number of ether oxygens (including phenoxy) is 1. The molecular formula is C95H204N18O16S3. The van der Waals surface area contributed by atoms with E-state index in [4.69, 9.17) is 20.7 Å². The molecule has 37 heteroatoms. The van der Waals surface area contributed by atoms with E-state index in [0.29, 0.717) is 94.0 Å². The first-order valence-electron chi connectivity index (χ1n) is 47.2. The van der Waals surface area contributed by atoms with E-state index in [0.717, 1.165) is 151 Å². The number of nitrogens with one attached hydrogen (secondary N) is 9. The van der Waals surface area contributed by atoms with Crippen LogP contribution in [0, 0.1) is 70.7 Å². The van der Waals surface area contributed by atoms with Gasteiger partial charge in [0.2, 0.25) is 49.6 Å². The molecule has 1 aromatic heterocycles. The Hall–Kier alpha value is -6.51. The van der Waals surface area contributed by atoms with E-state index < -0.39 is 37.8 Å². The Morgan fingerprint density at radius 3 is 1.18 bits per heavy atom. The molecule has 1 heterocycles. The highest BCUT2D eigenvalue weighted by Gasteiger charge is 2.20. The highest BCUT2D eigenvalue weighted by Crippen LogP contribution is 2.26. The van der Waals surface area contributed by atoms with Crippen molar-refractivity contribution in [2.24, 2.45) is 75.7 Å². The Morgan fingerprint density at radius 1 is 0.523 bits per heavy atom. The van der Waals surface area contributed by atoms with Gasteiger partial charge in [0, 0.05) is 125 Å². The van der Waals surface area contributed by atoms with E-state index in [-0.39, 0.29) is 63.7 Å². The van der Waals surface area contributed by atoms with Crippen LogP contribution in [0.2, 0.25) is 0 Å². The number of amides is 5. The zero-order chi connectivity index (χ0) is 105. The Morgan fingerprint density at radius 2 is 0.871 bits per heavy atom. The normalized spacial score (nSPS) is 12.1. The molecule has 13 N–H and O–H groups in total. The molecule has 0 radical (unpaired) electrons. The lowest BCUT2D eigenvalue weighted by atomic mass is 9.90. The SMILES string of the molecule is CC(=O)N(O)CCCC(C)(C)C.CC(C)(C)CCCN(O)S(C)(=O)=O.CC(C)(C)CCCNc1nccs1.CC(C)C(=O)NCCCC(C)(C)C.CC(C)CCCNC(=O)CO.CCC(=O)NCCCC(C)(C)C.CN(C)C(=NCCCC(C)(C)C)NS(C)(=O)=O.CN/C(=N\[N+](=O)[O-])NCCCC(C)(C)C.CN=C(NC)NCCCC(C)(C)C.COC(=O)N(O)CCCC(C)(C)C. The average Bonchev–Trinajstić information content (AvgIpc) is 1.02. The van der Waals surface area contributed by atoms with Gasteiger partial charge >= 0.3 is 6.09 Å². The summed E-state index contributed by atoms with van der Waals surface area (Å²) in [6.07, 6.45) is 24.5. The maximum Gasteiger partial charge on any atom is 0.433 e. The number of anilines is 1. The molecule has 132 heavy (non-hydrogen) atoms. The van der Waals surface area contributed by atoms with Crippen LogP contribution in [0.5, 0.6) is 0 Å². The van der Waals surface area contributed by atoms with Crippen LogP contribution in [-0.2, 0) is 44.0 Å². The number of rotatable bonds is 38. The van der Waals surface area contributed by atoms with Gasteiger partial charge in [-0.05, 0) is 183 Å². The van der Waals surface area contributed by atoms with Crippen LogP contribution in [0.25, 0.3) is 0 Å².